The molecule has 2 N–H and O–H groups in total. The topological polar surface area (TPSA) is 75.3 Å². The van der Waals surface area contributed by atoms with E-state index in [2.05, 4.69) is 10.0 Å². The zero-order valence-corrected chi connectivity index (χ0v) is 13.9. The molecule has 0 saturated heterocycles. The molecule has 0 fully saturated rings. The molecule has 118 valence electrons. The average molecular weight is 312 g/mol. The van der Waals surface area contributed by atoms with E-state index in [4.69, 9.17) is 0 Å². The van der Waals surface area contributed by atoms with Crippen LogP contribution in [-0.2, 0) is 10.0 Å². The van der Waals surface area contributed by atoms with E-state index < -0.39 is 10.0 Å². The Hall–Kier alpha value is -1.40. The fraction of sp³-hybridized carbons (Fsp3) is 0.533. The van der Waals surface area contributed by atoms with Crippen molar-refractivity contribution in [1.82, 2.24) is 10.0 Å². The summed E-state index contributed by atoms with van der Waals surface area (Å²) in [6, 6.07) is 4.48. The molecule has 1 aromatic carbocycles. The molecule has 0 heterocycles. The second-order valence-electron chi connectivity index (χ2n) is 5.15. The van der Waals surface area contributed by atoms with Crippen LogP contribution in [0, 0.1) is 6.92 Å². The minimum atomic E-state index is -3.60. The summed E-state index contributed by atoms with van der Waals surface area (Å²) in [4.78, 5) is 12.1. The van der Waals surface area contributed by atoms with E-state index in [-0.39, 0.29) is 16.8 Å². The van der Waals surface area contributed by atoms with Crippen LogP contribution in [0.25, 0.3) is 0 Å². The second kappa shape index (κ2) is 7.56. The highest BCUT2D eigenvalue weighted by Gasteiger charge is 2.19. The molecule has 1 atom stereocenters. The molecule has 0 saturated carbocycles. The minimum absolute atomic E-state index is 0.123. The molecule has 0 spiro atoms. The van der Waals surface area contributed by atoms with E-state index in [0.29, 0.717) is 12.1 Å². The Bertz CT molecular complexity index is 597. The molecular formula is C15H24N2O3S. The van der Waals surface area contributed by atoms with Crippen molar-refractivity contribution in [2.45, 2.75) is 51.5 Å². The highest BCUT2D eigenvalue weighted by atomic mass is 32.2. The van der Waals surface area contributed by atoms with Crippen LogP contribution in [0.3, 0.4) is 0 Å². The van der Waals surface area contributed by atoms with Gasteiger partial charge in [-0.15, -0.1) is 0 Å². The van der Waals surface area contributed by atoms with Crippen molar-refractivity contribution in [1.29, 1.82) is 0 Å². The fourth-order valence-corrected chi connectivity index (χ4v) is 3.40. The number of benzene rings is 1. The van der Waals surface area contributed by atoms with Gasteiger partial charge in [0, 0.05) is 18.2 Å². The van der Waals surface area contributed by atoms with Gasteiger partial charge in [-0.1, -0.05) is 19.4 Å². The van der Waals surface area contributed by atoms with E-state index in [1.807, 2.05) is 20.8 Å². The number of hydrogen-bond donors (Lipinski definition) is 2. The van der Waals surface area contributed by atoms with E-state index in [9.17, 15) is 13.2 Å². The van der Waals surface area contributed by atoms with Crippen molar-refractivity contribution in [2.75, 3.05) is 6.54 Å². The maximum absolute atomic E-state index is 12.3. The fourth-order valence-electron chi connectivity index (χ4n) is 2.09. The van der Waals surface area contributed by atoms with Gasteiger partial charge < -0.3 is 5.32 Å². The molecular weight excluding hydrogens is 288 g/mol. The molecule has 0 radical (unpaired) electrons. The maximum Gasteiger partial charge on any atom is 0.251 e. The van der Waals surface area contributed by atoms with Crippen LogP contribution >= 0.6 is 0 Å². The molecule has 0 aromatic heterocycles. The molecule has 6 heteroatoms. The number of hydrogen-bond acceptors (Lipinski definition) is 3. The Labute approximate surface area is 127 Å². The van der Waals surface area contributed by atoms with Crippen LogP contribution in [0.4, 0.5) is 0 Å². The van der Waals surface area contributed by atoms with Gasteiger partial charge in [-0.3, -0.25) is 4.79 Å². The van der Waals surface area contributed by atoms with Crippen LogP contribution in [0.5, 0.6) is 0 Å². The summed E-state index contributed by atoms with van der Waals surface area (Å²) in [7, 11) is -3.60. The van der Waals surface area contributed by atoms with Gasteiger partial charge >= 0.3 is 0 Å². The number of carbonyl (C=O) groups is 1. The van der Waals surface area contributed by atoms with E-state index >= 15 is 0 Å². The van der Waals surface area contributed by atoms with E-state index in [1.54, 1.807) is 13.0 Å². The van der Waals surface area contributed by atoms with Crippen molar-refractivity contribution in [3.8, 4) is 0 Å². The van der Waals surface area contributed by atoms with Crippen molar-refractivity contribution in [2.24, 2.45) is 0 Å². The Morgan fingerprint density at radius 1 is 1.29 bits per heavy atom. The van der Waals surface area contributed by atoms with Gasteiger partial charge in [0.15, 0.2) is 0 Å². The van der Waals surface area contributed by atoms with Crippen molar-refractivity contribution >= 4 is 15.9 Å². The first-order valence-corrected chi connectivity index (χ1v) is 8.71. The van der Waals surface area contributed by atoms with Gasteiger partial charge in [0.1, 0.15) is 0 Å². The lowest BCUT2D eigenvalue weighted by atomic mass is 10.1. The predicted octanol–water partition coefficient (Wildman–Crippen LogP) is 2.21. The van der Waals surface area contributed by atoms with Gasteiger partial charge in [0.2, 0.25) is 10.0 Å². The third kappa shape index (κ3) is 4.82. The zero-order valence-electron chi connectivity index (χ0n) is 13.1. The molecule has 1 aromatic rings. The Kier molecular flexibility index (Phi) is 6.36. The summed E-state index contributed by atoms with van der Waals surface area (Å²) in [5, 5.41) is 2.69. The van der Waals surface area contributed by atoms with E-state index in [1.165, 1.54) is 12.1 Å². The average Bonchev–Trinajstić information content (AvgIpc) is 2.38. The Morgan fingerprint density at radius 2 is 1.95 bits per heavy atom. The summed E-state index contributed by atoms with van der Waals surface area (Å²) in [6.45, 7) is 7.95. The molecule has 1 rings (SSSR count). The van der Waals surface area contributed by atoms with Crippen LogP contribution in [0.15, 0.2) is 23.1 Å². The first-order chi connectivity index (χ1) is 9.81. The lowest BCUT2D eigenvalue weighted by Gasteiger charge is -2.14. The van der Waals surface area contributed by atoms with Gasteiger partial charge in [0.05, 0.1) is 4.90 Å². The summed E-state index contributed by atoms with van der Waals surface area (Å²) >= 11 is 0. The Morgan fingerprint density at radius 3 is 2.52 bits per heavy atom. The summed E-state index contributed by atoms with van der Waals surface area (Å²) < 4.78 is 27.3. The largest absolute Gasteiger partial charge is 0.352 e. The van der Waals surface area contributed by atoms with Gasteiger partial charge in [-0.25, -0.2) is 13.1 Å². The predicted molar refractivity (Wildman–Crippen MR) is 83.9 cm³/mol. The summed E-state index contributed by atoms with van der Waals surface area (Å²) in [6.07, 6.45) is 1.68. The van der Waals surface area contributed by atoms with Crippen LogP contribution in [0.1, 0.15) is 49.5 Å². The highest BCUT2D eigenvalue weighted by molar-refractivity contribution is 7.89. The molecule has 0 aliphatic carbocycles. The normalized spacial score (nSPS) is 13.0. The molecule has 0 aliphatic heterocycles. The smallest absolute Gasteiger partial charge is 0.251 e. The molecule has 1 amide bonds. The van der Waals surface area contributed by atoms with Gasteiger partial charge in [-0.05, 0) is 44.9 Å². The Balaban J connectivity index is 3.08. The molecule has 0 bridgehead atoms. The van der Waals surface area contributed by atoms with Gasteiger partial charge in [-0.2, -0.15) is 0 Å². The monoisotopic (exact) mass is 312 g/mol. The number of rotatable bonds is 7. The highest BCUT2D eigenvalue weighted by Crippen LogP contribution is 2.16. The van der Waals surface area contributed by atoms with Crippen LogP contribution in [-0.4, -0.2) is 26.9 Å². The lowest BCUT2D eigenvalue weighted by Crippen LogP contribution is -2.32. The number of carbonyl (C=O) groups excluding carboxylic acids is 1. The van der Waals surface area contributed by atoms with Crippen molar-refractivity contribution in [3.05, 3.63) is 29.3 Å². The number of nitrogens with one attached hydrogen (secondary N) is 2. The molecule has 0 unspecified atom stereocenters. The summed E-state index contributed by atoms with van der Waals surface area (Å²) in [5.74, 6) is -0.256. The van der Waals surface area contributed by atoms with Crippen molar-refractivity contribution in [3.63, 3.8) is 0 Å². The van der Waals surface area contributed by atoms with Crippen LogP contribution in [0.2, 0.25) is 0 Å². The number of amides is 1. The zero-order chi connectivity index (χ0) is 16.0. The first-order valence-electron chi connectivity index (χ1n) is 7.23. The first kappa shape index (κ1) is 17.7. The molecule has 21 heavy (non-hydrogen) atoms. The minimum Gasteiger partial charge on any atom is -0.352 e. The molecule has 0 aliphatic rings. The maximum atomic E-state index is 12.3. The standard InChI is InChI=1S/C15H24N2O3S/c1-5-7-12(4)17-21(19,20)13-9-8-11(3)14(10-13)15(18)16-6-2/h8-10,12,17H,5-7H2,1-4H3,(H,16,18)/t12-/m0/s1. The molecule has 5 nitrogen and oxygen atoms in total. The second-order valence-corrected chi connectivity index (χ2v) is 6.86. The third-order valence-electron chi connectivity index (χ3n) is 3.18. The van der Waals surface area contributed by atoms with Gasteiger partial charge in [0.25, 0.3) is 5.91 Å². The number of sulfonamides is 1. The summed E-state index contributed by atoms with van der Waals surface area (Å²) in [5.41, 5.74) is 1.14. The van der Waals surface area contributed by atoms with E-state index in [0.717, 1.165) is 18.4 Å². The van der Waals surface area contributed by atoms with Crippen molar-refractivity contribution < 1.29 is 13.2 Å². The van der Waals surface area contributed by atoms with Crippen LogP contribution < -0.4 is 10.0 Å². The quantitative estimate of drug-likeness (QED) is 0.810. The lowest BCUT2D eigenvalue weighted by molar-refractivity contribution is 0.0955. The third-order valence-corrected chi connectivity index (χ3v) is 4.77. The SMILES string of the molecule is CCC[C@H](C)NS(=O)(=O)c1ccc(C)c(C(=O)NCC)c1. The number of aryl methyl sites for hydroxylation is 1.